The highest BCUT2D eigenvalue weighted by molar-refractivity contribution is 5.94. The fraction of sp³-hybridized carbons (Fsp3) is 0.250. The van der Waals surface area contributed by atoms with Gasteiger partial charge in [-0.2, -0.15) is 0 Å². The fourth-order valence-electron chi connectivity index (χ4n) is 5.41. The molecule has 0 bridgehead atoms. The Morgan fingerprint density at radius 2 is 1.49 bits per heavy atom. The summed E-state index contributed by atoms with van der Waals surface area (Å²) in [6.07, 6.45) is 5.05. The van der Waals surface area contributed by atoms with Crippen LogP contribution in [-0.2, 0) is 24.3 Å². The van der Waals surface area contributed by atoms with E-state index in [1.807, 2.05) is 58.5 Å². The smallest absolute Gasteiger partial charge is 0.253 e. The van der Waals surface area contributed by atoms with Gasteiger partial charge < -0.3 is 14.4 Å². The number of fused-ring (bicyclic) bond motifs is 1. The Bertz CT molecular complexity index is 1650. The summed E-state index contributed by atoms with van der Waals surface area (Å²) in [5.74, 6) is -0.138. The third kappa shape index (κ3) is 6.04. The number of carbonyl (C=O) groups excluding carboxylic acids is 2. The van der Waals surface area contributed by atoms with Crippen molar-refractivity contribution in [3.8, 4) is 0 Å². The molecule has 2 aromatic heterocycles. The van der Waals surface area contributed by atoms with E-state index in [2.05, 4.69) is 33.2 Å². The Kier molecular flexibility index (Phi) is 7.58. The molecule has 1 fully saturated rings. The van der Waals surface area contributed by atoms with Crippen molar-refractivity contribution in [2.75, 3.05) is 26.2 Å². The van der Waals surface area contributed by atoms with Gasteiger partial charge in [0.1, 0.15) is 11.5 Å². The molecular weight excluding hydrogens is 519 g/mol. The van der Waals surface area contributed by atoms with E-state index in [1.165, 1.54) is 12.1 Å². The van der Waals surface area contributed by atoms with E-state index < -0.39 is 0 Å². The highest BCUT2D eigenvalue weighted by atomic mass is 19.1. The van der Waals surface area contributed by atoms with Crippen LogP contribution in [0.2, 0.25) is 0 Å². The third-order valence-electron chi connectivity index (χ3n) is 7.60. The molecule has 0 unspecified atom stereocenters. The van der Waals surface area contributed by atoms with Crippen LogP contribution in [0.5, 0.6) is 0 Å². The molecule has 208 valence electrons. The fourth-order valence-corrected chi connectivity index (χ4v) is 5.41. The maximum atomic E-state index is 13.2. The van der Waals surface area contributed by atoms with Gasteiger partial charge in [-0.3, -0.25) is 9.59 Å². The number of para-hydroxylation sites is 1. The van der Waals surface area contributed by atoms with Crippen LogP contribution in [0.1, 0.15) is 33.6 Å². The van der Waals surface area contributed by atoms with Crippen LogP contribution in [0.3, 0.4) is 0 Å². The van der Waals surface area contributed by atoms with Gasteiger partial charge >= 0.3 is 0 Å². The Balaban J connectivity index is 1.07. The van der Waals surface area contributed by atoms with E-state index in [1.54, 1.807) is 16.8 Å². The normalized spacial score (nSPS) is 13.6. The molecule has 41 heavy (non-hydrogen) atoms. The molecule has 1 aliphatic heterocycles. The molecule has 1 saturated heterocycles. The van der Waals surface area contributed by atoms with Gasteiger partial charge in [-0.25, -0.2) is 9.07 Å². The number of carbonyl (C=O) groups is 2. The number of aryl methyl sites for hydroxylation is 1. The topological polar surface area (TPSA) is 76.3 Å². The molecule has 6 rings (SSSR count). The van der Waals surface area contributed by atoms with Crippen molar-refractivity contribution in [2.24, 2.45) is 0 Å². The van der Waals surface area contributed by atoms with Gasteiger partial charge in [0, 0.05) is 55.3 Å². The van der Waals surface area contributed by atoms with Gasteiger partial charge in [-0.05, 0) is 47.9 Å². The van der Waals surface area contributed by atoms with E-state index in [0.717, 1.165) is 27.7 Å². The largest absolute Gasteiger partial charge is 0.341 e. The summed E-state index contributed by atoms with van der Waals surface area (Å²) in [4.78, 5) is 29.5. The van der Waals surface area contributed by atoms with Crippen molar-refractivity contribution in [1.82, 2.24) is 29.4 Å². The second-order valence-corrected chi connectivity index (χ2v) is 10.4. The van der Waals surface area contributed by atoms with E-state index in [-0.39, 0.29) is 17.6 Å². The lowest BCUT2D eigenvalue weighted by molar-refractivity contribution is -0.132. The van der Waals surface area contributed by atoms with Crippen molar-refractivity contribution in [1.29, 1.82) is 0 Å². The van der Waals surface area contributed by atoms with Gasteiger partial charge in [0.15, 0.2) is 0 Å². The summed E-state index contributed by atoms with van der Waals surface area (Å²) in [6, 6.07) is 23.8. The van der Waals surface area contributed by atoms with Crippen LogP contribution < -0.4 is 0 Å². The molecule has 0 spiro atoms. The zero-order chi connectivity index (χ0) is 28.2. The average molecular weight is 551 g/mol. The first-order valence-electron chi connectivity index (χ1n) is 13.9. The summed E-state index contributed by atoms with van der Waals surface area (Å²) in [7, 11) is 0. The highest BCUT2D eigenvalue weighted by Gasteiger charge is 2.25. The van der Waals surface area contributed by atoms with Crippen molar-refractivity contribution in [3.05, 3.63) is 119 Å². The second-order valence-electron chi connectivity index (χ2n) is 10.4. The van der Waals surface area contributed by atoms with E-state index in [0.29, 0.717) is 57.7 Å². The molecule has 3 heterocycles. The molecule has 5 aromatic rings. The summed E-state index contributed by atoms with van der Waals surface area (Å²) in [6.45, 7) is 3.25. The van der Waals surface area contributed by atoms with Crippen LogP contribution in [0.25, 0.3) is 10.9 Å². The van der Waals surface area contributed by atoms with Crippen molar-refractivity contribution in [2.45, 2.75) is 25.9 Å². The number of nitrogens with zero attached hydrogens (tertiary/aromatic N) is 6. The monoisotopic (exact) mass is 550 g/mol. The van der Waals surface area contributed by atoms with Gasteiger partial charge in [0.05, 0.1) is 19.3 Å². The summed E-state index contributed by atoms with van der Waals surface area (Å²) < 4.78 is 17.1. The van der Waals surface area contributed by atoms with Crippen LogP contribution in [0.15, 0.2) is 91.3 Å². The molecule has 2 amide bonds. The number of rotatable bonds is 8. The molecule has 0 aliphatic carbocycles. The highest BCUT2D eigenvalue weighted by Crippen LogP contribution is 2.24. The maximum Gasteiger partial charge on any atom is 0.253 e. The number of halogens is 1. The van der Waals surface area contributed by atoms with Crippen molar-refractivity contribution < 1.29 is 14.0 Å². The summed E-state index contributed by atoms with van der Waals surface area (Å²) >= 11 is 0. The lowest BCUT2D eigenvalue weighted by atomic mass is 10.1. The second kappa shape index (κ2) is 11.8. The number of amides is 2. The predicted molar refractivity (Wildman–Crippen MR) is 154 cm³/mol. The van der Waals surface area contributed by atoms with Gasteiger partial charge in [0.2, 0.25) is 5.91 Å². The van der Waals surface area contributed by atoms with E-state index in [9.17, 15) is 14.0 Å². The summed E-state index contributed by atoms with van der Waals surface area (Å²) in [5, 5.41) is 9.71. The van der Waals surface area contributed by atoms with Crippen LogP contribution in [-0.4, -0.2) is 67.4 Å². The molecule has 3 aromatic carbocycles. The lowest BCUT2D eigenvalue weighted by Crippen LogP contribution is -2.50. The summed E-state index contributed by atoms with van der Waals surface area (Å²) in [5.41, 5.74) is 4.64. The lowest BCUT2D eigenvalue weighted by Gasteiger charge is -2.35. The number of piperazine rings is 1. The zero-order valence-corrected chi connectivity index (χ0v) is 22.7. The first kappa shape index (κ1) is 26.4. The van der Waals surface area contributed by atoms with E-state index in [4.69, 9.17) is 0 Å². The molecule has 0 saturated carbocycles. The average Bonchev–Trinajstić information content (AvgIpc) is 3.61. The minimum absolute atomic E-state index is 0.0148. The predicted octanol–water partition coefficient (Wildman–Crippen LogP) is 4.39. The van der Waals surface area contributed by atoms with Crippen molar-refractivity contribution in [3.63, 3.8) is 0 Å². The maximum absolute atomic E-state index is 13.2. The molecular formula is C32H31FN6O2. The Hall–Kier alpha value is -4.79. The molecule has 8 nitrogen and oxygen atoms in total. The quantitative estimate of drug-likeness (QED) is 0.287. The molecule has 9 heteroatoms. The first-order chi connectivity index (χ1) is 20.0. The first-order valence-corrected chi connectivity index (χ1v) is 13.9. The molecule has 0 radical (unpaired) electrons. The number of hydrogen-bond acceptors (Lipinski definition) is 4. The molecule has 0 N–H and O–H groups in total. The van der Waals surface area contributed by atoms with E-state index >= 15 is 0 Å². The minimum Gasteiger partial charge on any atom is -0.341 e. The van der Waals surface area contributed by atoms with Gasteiger partial charge in [-0.1, -0.05) is 53.7 Å². The Labute approximate surface area is 237 Å². The Morgan fingerprint density at radius 3 is 2.27 bits per heavy atom. The molecule has 0 atom stereocenters. The van der Waals surface area contributed by atoms with Crippen LogP contribution >= 0.6 is 0 Å². The van der Waals surface area contributed by atoms with Crippen LogP contribution in [0.4, 0.5) is 4.39 Å². The Morgan fingerprint density at radius 1 is 0.780 bits per heavy atom. The molecule has 1 aliphatic rings. The standard InChI is InChI=1S/C32H31FN6O2/c33-27-13-10-24(11-14-27)20-39-23-28(34-35-39)22-38-21-26(29-8-4-5-9-30(29)38)12-15-31(40)36-16-18-37(19-17-36)32(41)25-6-2-1-3-7-25/h1-11,13-14,21,23H,12,15-20,22H2. The third-order valence-corrected chi connectivity index (χ3v) is 7.60. The van der Waals surface area contributed by atoms with Gasteiger partial charge in [-0.15, -0.1) is 5.10 Å². The number of hydrogen-bond donors (Lipinski definition) is 0. The minimum atomic E-state index is -0.261. The zero-order valence-electron chi connectivity index (χ0n) is 22.7. The van der Waals surface area contributed by atoms with Gasteiger partial charge in [0.25, 0.3) is 5.91 Å². The number of benzene rings is 3. The van der Waals surface area contributed by atoms with Crippen molar-refractivity contribution >= 4 is 22.7 Å². The SMILES string of the molecule is O=C(CCc1cn(Cc2cn(Cc3ccc(F)cc3)nn2)c2ccccc12)N1CCN(C(=O)c2ccccc2)CC1. The number of aromatic nitrogens is 4. The van der Waals surface area contributed by atoms with Crippen LogP contribution in [0, 0.1) is 5.82 Å².